The molecule has 1 fully saturated rings. The maximum atomic E-state index is 12.9. The first-order valence-corrected chi connectivity index (χ1v) is 8.56. The molecule has 132 valence electrons. The van der Waals surface area contributed by atoms with E-state index in [1.54, 1.807) is 24.3 Å². The fraction of sp³-hybridized carbons (Fsp3) is 0.350. The highest BCUT2D eigenvalue weighted by Gasteiger charge is 2.24. The third-order valence-electron chi connectivity index (χ3n) is 4.51. The van der Waals surface area contributed by atoms with Gasteiger partial charge in [0.25, 0.3) is 0 Å². The van der Waals surface area contributed by atoms with E-state index in [4.69, 9.17) is 4.74 Å². The van der Waals surface area contributed by atoms with Gasteiger partial charge in [0, 0.05) is 12.1 Å². The van der Waals surface area contributed by atoms with Crippen LogP contribution in [0.3, 0.4) is 0 Å². The molecule has 0 radical (unpaired) electrons. The predicted octanol–water partition coefficient (Wildman–Crippen LogP) is 4.93. The normalized spacial score (nSPS) is 20.1. The van der Waals surface area contributed by atoms with Crippen LogP contribution in [0.2, 0.25) is 0 Å². The fourth-order valence-electron chi connectivity index (χ4n) is 3.17. The van der Waals surface area contributed by atoms with Gasteiger partial charge in [-0.1, -0.05) is 0 Å². The zero-order valence-corrected chi connectivity index (χ0v) is 13.9. The molecule has 0 heterocycles. The molecule has 25 heavy (non-hydrogen) atoms. The van der Waals surface area contributed by atoms with Gasteiger partial charge in [0.2, 0.25) is 5.91 Å². The molecule has 0 atom stereocenters. The molecule has 1 saturated carbocycles. The molecule has 1 aliphatic rings. The summed E-state index contributed by atoms with van der Waals surface area (Å²) in [6.07, 6.45) is 4.17. The number of amides is 1. The van der Waals surface area contributed by atoms with Crippen LogP contribution in [0.15, 0.2) is 48.5 Å². The topological polar surface area (TPSA) is 38.3 Å². The molecule has 0 bridgehead atoms. The number of halogens is 2. The maximum Gasteiger partial charge on any atom is 0.224 e. The third kappa shape index (κ3) is 5.28. The average Bonchev–Trinajstić information content (AvgIpc) is 2.61. The van der Waals surface area contributed by atoms with E-state index in [1.165, 1.54) is 24.3 Å². The number of nitrogens with one attached hydrogen (secondary N) is 1. The molecule has 1 amide bonds. The van der Waals surface area contributed by atoms with Crippen molar-refractivity contribution >= 4 is 11.6 Å². The molecule has 1 N–H and O–H groups in total. The molecule has 3 nitrogen and oxygen atoms in total. The van der Waals surface area contributed by atoms with E-state index >= 15 is 0 Å². The van der Waals surface area contributed by atoms with Crippen molar-refractivity contribution in [1.82, 2.24) is 0 Å². The lowest BCUT2D eigenvalue weighted by atomic mass is 9.85. The van der Waals surface area contributed by atoms with Crippen LogP contribution >= 0.6 is 0 Å². The third-order valence-corrected chi connectivity index (χ3v) is 4.51. The molecule has 1 aliphatic carbocycles. The van der Waals surface area contributed by atoms with Gasteiger partial charge in [0.05, 0.1) is 6.10 Å². The molecule has 0 unspecified atom stereocenters. The van der Waals surface area contributed by atoms with E-state index in [-0.39, 0.29) is 23.6 Å². The van der Waals surface area contributed by atoms with Crippen molar-refractivity contribution in [2.24, 2.45) is 5.92 Å². The second-order valence-corrected chi connectivity index (χ2v) is 6.47. The summed E-state index contributed by atoms with van der Waals surface area (Å²) in [6.45, 7) is 0. The number of rotatable bonds is 5. The molecule has 3 rings (SSSR count). The summed E-state index contributed by atoms with van der Waals surface area (Å²) in [5.74, 6) is 0.364. The minimum absolute atomic E-state index is 0.0467. The lowest BCUT2D eigenvalue weighted by Crippen LogP contribution is -2.26. The number of hydrogen-bond donors (Lipinski definition) is 1. The summed E-state index contributed by atoms with van der Waals surface area (Å²) >= 11 is 0. The number of ether oxygens (including phenoxy) is 1. The Morgan fingerprint density at radius 3 is 2.08 bits per heavy atom. The SMILES string of the molecule is O=C(C[C@H]1CC[C@@H](Oc2ccc(F)cc2)CC1)Nc1ccc(F)cc1. The van der Waals surface area contributed by atoms with Crippen molar-refractivity contribution < 1.29 is 18.3 Å². The van der Waals surface area contributed by atoms with E-state index < -0.39 is 0 Å². The first-order chi connectivity index (χ1) is 12.1. The van der Waals surface area contributed by atoms with Crippen molar-refractivity contribution in [1.29, 1.82) is 0 Å². The molecular weight excluding hydrogens is 324 g/mol. The Labute approximate surface area is 146 Å². The van der Waals surface area contributed by atoms with Gasteiger partial charge in [-0.05, 0) is 80.1 Å². The van der Waals surface area contributed by atoms with Gasteiger partial charge in [-0.3, -0.25) is 4.79 Å². The molecule has 2 aromatic carbocycles. The van der Waals surface area contributed by atoms with Gasteiger partial charge < -0.3 is 10.1 Å². The largest absolute Gasteiger partial charge is 0.490 e. The summed E-state index contributed by atoms with van der Waals surface area (Å²) in [6, 6.07) is 11.8. The van der Waals surface area contributed by atoms with Crippen molar-refractivity contribution in [2.45, 2.75) is 38.2 Å². The highest BCUT2D eigenvalue weighted by molar-refractivity contribution is 5.90. The highest BCUT2D eigenvalue weighted by Crippen LogP contribution is 2.30. The van der Waals surface area contributed by atoms with Crippen molar-refractivity contribution in [2.75, 3.05) is 5.32 Å². The van der Waals surface area contributed by atoms with Gasteiger partial charge in [-0.2, -0.15) is 0 Å². The maximum absolute atomic E-state index is 12.9. The van der Waals surface area contributed by atoms with E-state index in [9.17, 15) is 13.6 Å². The molecular formula is C20H21F2NO2. The minimum atomic E-state index is -0.322. The molecule has 5 heteroatoms. The predicted molar refractivity (Wildman–Crippen MR) is 92.4 cm³/mol. The van der Waals surface area contributed by atoms with E-state index in [1.807, 2.05) is 0 Å². The van der Waals surface area contributed by atoms with E-state index in [2.05, 4.69) is 5.32 Å². The van der Waals surface area contributed by atoms with Gasteiger partial charge in [-0.15, -0.1) is 0 Å². The Morgan fingerprint density at radius 1 is 0.920 bits per heavy atom. The summed E-state index contributed by atoms with van der Waals surface area (Å²) in [5, 5.41) is 2.80. The van der Waals surface area contributed by atoms with E-state index in [0.717, 1.165) is 25.7 Å². The van der Waals surface area contributed by atoms with Crippen LogP contribution in [0.5, 0.6) is 5.75 Å². The Kier molecular flexibility index (Phi) is 5.64. The summed E-state index contributed by atoms with van der Waals surface area (Å²) in [7, 11) is 0. The Bertz CT molecular complexity index is 693. The second-order valence-electron chi connectivity index (χ2n) is 6.47. The molecule has 0 spiro atoms. The first kappa shape index (κ1) is 17.4. The Balaban J connectivity index is 1.42. The Morgan fingerprint density at radius 2 is 1.48 bits per heavy atom. The fourth-order valence-corrected chi connectivity index (χ4v) is 3.17. The zero-order valence-electron chi connectivity index (χ0n) is 13.9. The highest BCUT2D eigenvalue weighted by atomic mass is 19.1. The van der Waals surface area contributed by atoms with Crippen molar-refractivity contribution in [3.8, 4) is 5.75 Å². The molecule has 2 aromatic rings. The van der Waals surface area contributed by atoms with Gasteiger partial charge in [-0.25, -0.2) is 8.78 Å². The first-order valence-electron chi connectivity index (χ1n) is 8.56. The number of carbonyl (C=O) groups is 1. The summed E-state index contributed by atoms with van der Waals surface area (Å²) in [5.41, 5.74) is 0.611. The number of carbonyl (C=O) groups excluding carboxylic acids is 1. The van der Waals surface area contributed by atoms with Crippen LogP contribution in [0, 0.1) is 17.6 Å². The smallest absolute Gasteiger partial charge is 0.224 e. The molecule has 0 aromatic heterocycles. The van der Waals surface area contributed by atoms with Gasteiger partial charge in [0.1, 0.15) is 17.4 Å². The van der Waals surface area contributed by atoms with Crippen LogP contribution in [0.1, 0.15) is 32.1 Å². The standard InChI is InChI=1S/C20H21F2NO2/c21-15-3-7-17(8-4-15)23-20(24)13-14-1-9-18(10-2-14)25-19-11-5-16(22)6-12-19/h3-8,11-12,14,18H,1-2,9-10,13H2,(H,23,24)/t14-,18+. The van der Waals surface area contributed by atoms with Crippen LogP contribution in [-0.4, -0.2) is 12.0 Å². The minimum Gasteiger partial charge on any atom is -0.490 e. The average molecular weight is 345 g/mol. The van der Waals surface area contributed by atoms with Crippen LogP contribution in [-0.2, 0) is 4.79 Å². The number of hydrogen-bond acceptors (Lipinski definition) is 2. The van der Waals surface area contributed by atoms with Crippen LogP contribution in [0.25, 0.3) is 0 Å². The molecule has 0 aliphatic heterocycles. The van der Waals surface area contributed by atoms with Crippen LogP contribution in [0.4, 0.5) is 14.5 Å². The Hall–Kier alpha value is -2.43. The molecule has 0 saturated heterocycles. The van der Waals surface area contributed by atoms with E-state index in [0.29, 0.717) is 23.8 Å². The van der Waals surface area contributed by atoms with Gasteiger partial charge in [0.15, 0.2) is 0 Å². The zero-order chi connectivity index (χ0) is 17.6. The quantitative estimate of drug-likeness (QED) is 0.834. The lowest BCUT2D eigenvalue weighted by Gasteiger charge is -2.28. The lowest BCUT2D eigenvalue weighted by molar-refractivity contribution is -0.117. The van der Waals surface area contributed by atoms with Crippen LogP contribution < -0.4 is 10.1 Å². The monoisotopic (exact) mass is 345 g/mol. The second kappa shape index (κ2) is 8.10. The van der Waals surface area contributed by atoms with Crippen molar-refractivity contribution in [3.63, 3.8) is 0 Å². The number of benzene rings is 2. The number of anilines is 1. The van der Waals surface area contributed by atoms with Gasteiger partial charge >= 0.3 is 0 Å². The summed E-state index contributed by atoms with van der Waals surface area (Å²) in [4.78, 5) is 12.1. The van der Waals surface area contributed by atoms with Crippen molar-refractivity contribution in [3.05, 3.63) is 60.2 Å². The summed E-state index contributed by atoms with van der Waals surface area (Å²) < 4.78 is 31.6.